The van der Waals surface area contributed by atoms with Crippen molar-refractivity contribution in [3.05, 3.63) is 66.8 Å². The highest BCUT2D eigenvalue weighted by Crippen LogP contribution is 2.18. The van der Waals surface area contributed by atoms with Crippen molar-refractivity contribution in [1.82, 2.24) is 29.2 Å². The molecule has 7 nitrogen and oxygen atoms in total. The standard InChI is InChI=1S/C18H20N6O/c25-18(10-16-4-1-2-5-19-16)23-12-15(13-24-8-3-6-21-24)11-22-9-7-20-17(22)14-23/h1-9,15H,10-14H2/t15-/m1/s1. The topological polar surface area (TPSA) is 68.8 Å². The first-order valence-corrected chi connectivity index (χ1v) is 8.43. The Labute approximate surface area is 145 Å². The van der Waals surface area contributed by atoms with Crippen molar-refractivity contribution in [3.8, 4) is 0 Å². The molecule has 1 aliphatic rings. The molecule has 0 spiro atoms. The Balaban J connectivity index is 1.53. The SMILES string of the molecule is O=C(Cc1ccccn1)N1Cc2nccn2C[C@@H](Cn2cccn2)C1. The van der Waals surface area contributed by atoms with Crippen molar-refractivity contribution in [2.45, 2.75) is 26.1 Å². The first-order chi connectivity index (χ1) is 12.3. The van der Waals surface area contributed by atoms with Crippen molar-refractivity contribution in [2.75, 3.05) is 6.54 Å². The molecular formula is C18H20N6O. The summed E-state index contributed by atoms with van der Waals surface area (Å²) in [5.41, 5.74) is 0.795. The van der Waals surface area contributed by atoms with Gasteiger partial charge in [-0.15, -0.1) is 0 Å². The van der Waals surface area contributed by atoms with Crippen LogP contribution in [0.2, 0.25) is 0 Å². The molecule has 0 aliphatic carbocycles. The number of pyridine rings is 1. The van der Waals surface area contributed by atoms with Crippen LogP contribution in [0, 0.1) is 5.92 Å². The van der Waals surface area contributed by atoms with Crippen LogP contribution in [0.25, 0.3) is 0 Å². The number of nitrogens with zero attached hydrogens (tertiary/aromatic N) is 6. The summed E-state index contributed by atoms with van der Waals surface area (Å²) in [7, 11) is 0. The summed E-state index contributed by atoms with van der Waals surface area (Å²) in [5.74, 6) is 1.29. The smallest absolute Gasteiger partial charge is 0.229 e. The fourth-order valence-electron chi connectivity index (χ4n) is 3.29. The summed E-state index contributed by atoms with van der Waals surface area (Å²) in [4.78, 5) is 23.4. The normalized spacial score (nSPS) is 17.1. The van der Waals surface area contributed by atoms with Crippen LogP contribution < -0.4 is 0 Å². The third kappa shape index (κ3) is 3.60. The van der Waals surface area contributed by atoms with E-state index in [-0.39, 0.29) is 11.8 Å². The molecule has 3 aromatic heterocycles. The number of hydrogen-bond donors (Lipinski definition) is 0. The van der Waals surface area contributed by atoms with Crippen LogP contribution in [0.15, 0.2) is 55.2 Å². The molecule has 0 saturated heterocycles. The predicted octanol–water partition coefficient (Wildman–Crippen LogP) is 1.38. The molecule has 4 heterocycles. The van der Waals surface area contributed by atoms with E-state index < -0.39 is 0 Å². The maximum Gasteiger partial charge on any atom is 0.229 e. The van der Waals surface area contributed by atoms with Gasteiger partial charge in [-0.1, -0.05) is 6.07 Å². The maximum atomic E-state index is 12.8. The summed E-state index contributed by atoms with van der Waals surface area (Å²) in [6, 6.07) is 7.57. The molecule has 128 valence electrons. The molecule has 0 N–H and O–H groups in total. The van der Waals surface area contributed by atoms with Gasteiger partial charge in [-0.05, 0) is 18.2 Å². The van der Waals surface area contributed by atoms with E-state index in [1.807, 2.05) is 46.2 Å². The minimum atomic E-state index is 0.0839. The number of aromatic nitrogens is 5. The Morgan fingerprint density at radius 2 is 2.04 bits per heavy atom. The predicted molar refractivity (Wildman–Crippen MR) is 91.3 cm³/mol. The monoisotopic (exact) mass is 336 g/mol. The van der Waals surface area contributed by atoms with E-state index in [0.29, 0.717) is 19.5 Å². The van der Waals surface area contributed by atoms with Gasteiger partial charge in [0.05, 0.1) is 13.0 Å². The third-order valence-electron chi connectivity index (χ3n) is 4.48. The zero-order chi connectivity index (χ0) is 17.1. The van der Waals surface area contributed by atoms with Crippen LogP contribution in [-0.2, 0) is 30.8 Å². The van der Waals surface area contributed by atoms with Gasteiger partial charge >= 0.3 is 0 Å². The lowest BCUT2D eigenvalue weighted by atomic mass is 10.1. The number of fused-ring (bicyclic) bond motifs is 1. The number of hydrogen-bond acceptors (Lipinski definition) is 4. The summed E-state index contributed by atoms with van der Waals surface area (Å²) >= 11 is 0. The van der Waals surface area contributed by atoms with Crippen LogP contribution in [0.4, 0.5) is 0 Å². The molecule has 0 radical (unpaired) electrons. The van der Waals surface area contributed by atoms with E-state index in [0.717, 1.165) is 24.6 Å². The summed E-state index contributed by atoms with van der Waals surface area (Å²) < 4.78 is 4.07. The highest BCUT2D eigenvalue weighted by atomic mass is 16.2. The van der Waals surface area contributed by atoms with Gasteiger partial charge in [-0.2, -0.15) is 5.10 Å². The summed E-state index contributed by atoms with van der Waals surface area (Å²) in [6.07, 6.45) is 9.56. The zero-order valence-corrected chi connectivity index (χ0v) is 13.9. The highest BCUT2D eigenvalue weighted by Gasteiger charge is 2.26. The van der Waals surface area contributed by atoms with Crippen LogP contribution in [0.1, 0.15) is 11.5 Å². The fourth-order valence-corrected chi connectivity index (χ4v) is 3.29. The minimum absolute atomic E-state index is 0.0839. The Hall–Kier alpha value is -2.96. The lowest BCUT2D eigenvalue weighted by Gasteiger charge is -2.24. The highest BCUT2D eigenvalue weighted by molar-refractivity contribution is 5.78. The fraction of sp³-hybridized carbons (Fsp3) is 0.333. The maximum absolute atomic E-state index is 12.8. The van der Waals surface area contributed by atoms with Crippen molar-refractivity contribution < 1.29 is 4.79 Å². The van der Waals surface area contributed by atoms with Crippen LogP contribution >= 0.6 is 0 Å². The first kappa shape index (κ1) is 15.6. The van der Waals surface area contributed by atoms with Crippen LogP contribution in [0.3, 0.4) is 0 Å². The van der Waals surface area contributed by atoms with Crippen molar-refractivity contribution >= 4 is 5.91 Å². The third-order valence-corrected chi connectivity index (χ3v) is 4.48. The van der Waals surface area contributed by atoms with Gasteiger partial charge in [0.15, 0.2) is 0 Å². The molecule has 1 atom stereocenters. The largest absolute Gasteiger partial charge is 0.334 e. The molecule has 0 unspecified atom stereocenters. The average molecular weight is 336 g/mol. The first-order valence-electron chi connectivity index (χ1n) is 8.43. The van der Waals surface area contributed by atoms with E-state index in [1.165, 1.54) is 0 Å². The molecule has 25 heavy (non-hydrogen) atoms. The molecule has 0 saturated carbocycles. The Kier molecular flexibility index (Phi) is 4.28. The summed E-state index contributed by atoms with van der Waals surface area (Å²) in [5, 5.41) is 4.30. The van der Waals surface area contributed by atoms with Gasteiger partial charge in [0.25, 0.3) is 0 Å². The van der Waals surface area contributed by atoms with E-state index in [2.05, 4.69) is 19.6 Å². The zero-order valence-electron chi connectivity index (χ0n) is 13.9. The molecule has 7 heteroatoms. The Bertz CT molecular complexity index is 826. The number of imidazole rings is 1. The second-order valence-electron chi connectivity index (χ2n) is 6.36. The molecule has 1 aliphatic heterocycles. The lowest BCUT2D eigenvalue weighted by Crippen LogP contribution is -2.36. The van der Waals surface area contributed by atoms with Crippen molar-refractivity contribution in [1.29, 1.82) is 0 Å². The van der Waals surface area contributed by atoms with Gasteiger partial charge in [-0.3, -0.25) is 14.5 Å². The summed E-state index contributed by atoms with van der Waals surface area (Å²) in [6.45, 7) is 2.84. The Morgan fingerprint density at radius 3 is 2.84 bits per heavy atom. The number of carbonyl (C=O) groups excluding carboxylic acids is 1. The lowest BCUT2D eigenvalue weighted by molar-refractivity contribution is -0.131. The molecule has 0 bridgehead atoms. The number of rotatable bonds is 4. The van der Waals surface area contributed by atoms with Gasteiger partial charge in [0.1, 0.15) is 5.82 Å². The van der Waals surface area contributed by atoms with Gasteiger partial charge in [0, 0.05) is 62.2 Å². The minimum Gasteiger partial charge on any atom is -0.334 e. The molecule has 1 amide bonds. The molecule has 3 aromatic rings. The van der Waals surface area contributed by atoms with E-state index in [9.17, 15) is 4.79 Å². The molecule has 0 aromatic carbocycles. The quantitative estimate of drug-likeness (QED) is 0.722. The number of carbonyl (C=O) groups is 1. The van der Waals surface area contributed by atoms with Gasteiger partial charge in [0.2, 0.25) is 5.91 Å². The van der Waals surface area contributed by atoms with E-state index in [1.54, 1.807) is 18.6 Å². The number of amides is 1. The molecule has 4 rings (SSSR count). The van der Waals surface area contributed by atoms with Crippen LogP contribution in [0.5, 0.6) is 0 Å². The Morgan fingerprint density at radius 1 is 1.08 bits per heavy atom. The molecular weight excluding hydrogens is 316 g/mol. The van der Waals surface area contributed by atoms with E-state index in [4.69, 9.17) is 0 Å². The second-order valence-corrected chi connectivity index (χ2v) is 6.36. The van der Waals surface area contributed by atoms with Crippen molar-refractivity contribution in [3.63, 3.8) is 0 Å². The average Bonchev–Trinajstić information content (AvgIpc) is 3.24. The van der Waals surface area contributed by atoms with Gasteiger partial charge in [-0.25, -0.2) is 4.98 Å². The van der Waals surface area contributed by atoms with Gasteiger partial charge < -0.3 is 9.47 Å². The molecule has 0 fully saturated rings. The van der Waals surface area contributed by atoms with Crippen molar-refractivity contribution in [2.24, 2.45) is 5.92 Å². The second kappa shape index (κ2) is 6.88. The van der Waals surface area contributed by atoms with E-state index >= 15 is 0 Å². The van der Waals surface area contributed by atoms with Crippen LogP contribution in [-0.4, -0.2) is 41.7 Å².